The van der Waals surface area contributed by atoms with Gasteiger partial charge in [-0.05, 0) is 49.4 Å². The van der Waals surface area contributed by atoms with Crippen LogP contribution in [0, 0.1) is 0 Å². The molecule has 120 valence electrons. The van der Waals surface area contributed by atoms with Crippen LogP contribution in [0.2, 0.25) is 5.02 Å². The largest absolute Gasteiger partial charge is 0.478 e. The van der Waals surface area contributed by atoms with Crippen molar-refractivity contribution in [1.29, 1.82) is 0 Å². The summed E-state index contributed by atoms with van der Waals surface area (Å²) < 4.78 is 0. The normalized spacial score (nSPS) is 11.7. The number of hydrogen-bond acceptors (Lipinski definition) is 4. The van der Waals surface area contributed by atoms with Crippen LogP contribution in [0.1, 0.15) is 17.3 Å². The van der Waals surface area contributed by atoms with E-state index in [-0.39, 0.29) is 27.4 Å². The summed E-state index contributed by atoms with van der Waals surface area (Å²) in [6.07, 6.45) is 0. The Morgan fingerprint density at radius 3 is 2.48 bits per heavy atom. The first-order valence-corrected chi connectivity index (χ1v) is 7.98. The molecular formula is C16H15ClN2O3S. The first kappa shape index (κ1) is 17.2. The van der Waals surface area contributed by atoms with E-state index in [0.717, 1.165) is 4.90 Å². The van der Waals surface area contributed by atoms with Gasteiger partial charge in [0.05, 0.1) is 21.5 Å². The van der Waals surface area contributed by atoms with Crippen molar-refractivity contribution < 1.29 is 14.7 Å². The molecule has 1 unspecified atom stereocenters. The summed E-state index contributed by atoms with van der Waals surface area (Å²) >= 11 is 7.37. The molecule has 0 aliphatic carbocycles. The quantitative estimate of drug-likeness (QED) is 0.564. The Hall–Kier alpha value is -2.18. The molecule has 0 heterocycles. The van der Waals surface area contributed by atoms with E-state index in [4.69, 9.17) is 22.4 Å². The van der Waals surface area contributed by atoms with Gasteiger partial charge in [0.2, 0.25) is 5.91 Å². The number of halogens is 1. The number of nitrogens with two attached hydrogens (primary N) is 1. The summed E-state index contributed by atoms with van der Waals surface area (Å²) in [5.74, 6) is -1.35. The second-order valence-electron chi connectivity index (χ2n) is 4.82. The molecule has 1 atom stereocenters. The Balaban J connectivity index is 2.07. The van der Waals surface area contributed by atoms with Gasteiger partial charge >= 0.3 is 5.97 Å². The van der Waals surface area contributed by atoms with Crippen molar-refractivity contribution in [1.82, 2.24) is 0 Å². The summed E-state index contributed by atoms with van der Waals surface area (Å²) in [5.41, 5.74) is 6.62. The fourth-order valence-electron chi connectivity index (χ4n) is 1.79. The Bertz CT molecular complexity index is 735. The Kier molecular flexibility index (Phi) is 5.52. The van der Waals surface area contributed by atoms with Gasteiger partial charge in [-0.15, -0.1) is 11.8 Å². The summed E-state index contributed by atoms with van der Waals surface area (Å²) in [6, 6.07) is 11.4. The zero-order chi connectivity index (χ0) is 17.0. The summed E-state index contributed by atoms with van der Waals surface area (Å²) in [5, 5.41) is 11.5. The third-order valence-electron chi connectivity index (χ3n) is 3.03. The minimum atomic E-state index is -1.08. The highest BCUT2D eigenvalue weighted by molar-refractivity contribution is 8.00. The summed E-state index contributed by atoms with van der Waals surface area (Å²) in [7, 11) is 0. The number of nitrogens with one attached hydrogen (secondary N) is 1. The molecule has 5 nitrogen and oxygen atoms in total. The molecule has 0 spiro atoms. The first-order valence-electron chi connectivity index (χ1n) is 6.72. The van der Waals surface area contributed by atoms with Gasteiger partial charge in [-0.25, -0.2) is 4.79 Å². The molecule has 2 rings (SSSR count). The number of rotatable bonds is 5. The monoisotopic (exact) mass is 350 g/mol. The Labute approximate surface area is 142 Å². The number of anilines is 2. The summed E-state index contributed by atoms with van der Waals surface area (Å²) in [6.45, 7) is 1.76. The van der Waals surface area contributed by atoms with Crippen LogP contribution in [-0.2, 0) is 4.79 Å². The number of carbonyl (C=O) groups excluding carboxylic acids is 1. The highest BCUT2D eigenvalue weighted by atomic mass is 35.5. The number of amides is 1. The number of carbonyl (C=O) groups is 2. The van der Waals surface area contributed by atoms with Crippen molar-refractivity contribution in [2.45, 2.75) is 17.1 Å². The molecule has 0 aromatic heterocycles. The maximum Gasteiger partial charge on any atom is 0.335 e. The Morgan fingerprint density at radius 1 is 1.22 bits per heavy atom. The maximum atomic E-state index is 12.3. The second kappa shape index (κ2) is 7.39. The standard InChI is InChI=1S/C16H15ClN2O3S/c1-9(23-12-5-3-11(18)4-6-12)15(20)19-14-8-10(16(21)22)2-7-13(14)17/h2-9H,18H2,1H3,(H,19,20)(H,21,22). The van der Waals surface area contributed by atoms with E-state index in [1.54, 1.807) is 19.1 Å². The molecule has 2 aromatic rings. The minimum absolute atomic E-state index is 0.0588. The molecule has 2 aromatic carbocycles. The lowest BCUT2D eigenvalue weighted by molar-refractivity contribution is -0.115. The summed E-state index contributed by atoms with van der Waals surface area (Å²) in [4.78, 5) is 24.1. The zero-order valence-corrected chi connectivity index (χ0v) is 13.8. The fourth-order valence-corrected chi connectivity index (χ4v) is 2.82. The van der Waals surface area contributed by atoms with Crippen molar-refractivity contribution in [2.24, 2.45) is 0 Å². The van der Waals surface area contributed by atoms with Crippen LogP contribution in [0.25, 0.3) is 0 Å². The number of benzene rings is 2. The van der Waals surface area contributed by atoms with E-state index in [0.29, 0.717) is 5.69 Å². The van der Waals surface area contributed by atoms with E-state index in [1.807, 2.05) is 12.1 Å². The average Bonchev–Trinajstić information content (AvgIpc) is 2.51. The third kappa shape index (κ3) is 4.64. The van der Waals surface area contributed by atoms with Gasteiger partial charge < -0.3 is 16.2 Å². The molecule has 1 amide bonds. The topological polar surface area (TPSA) is 92.4 Å². The first-order chi connectivity index (χ1) is 10.9. The predicted molar refractivity (Wildman–Crippen MR) is 93.2 cm³/mol. The molecule has 7 heteroatoms. The van der Waals surface area contributed by atoms with Crippen LogP contribution in [0.3, 0.4) is 0 Å². The lowest BCUT2D eigenvalue weighted by Gasteiger charge is -2.13. The van der Waals surface area contributed by atoms with Crippen molar-refractivity contribution in [3.8, 4) is 0 Å². The SMILES string of the molecule is CC(Sc1ccc(N)cc1)C(=O)Nc1cc(C(=O)O)ccc1Cl. The lowest BCUT2D eigenvalue weighted by atomic mass is 10.2. The van der Waals surface area contributed by atoms with Gasteiger partial charge in [-0.1, -0.05) is 11.6 Å². The van der Waals surface area contributed by atoms with Gasteiger partial charge in [-0.2, -0.15) is 0 Å². The minimum Gasteiger partial charge on any atom is -0.478 e. The van der Waals surface area contributed by atoms with Gasteiger partial charge in [0.25, 0.3) is 0 Å². The maximum absolute atomic E-state index is 12.3. The van der Waals surface area contributed by atoms with Crippen molar-refractivity contribution >= 4 is 46.6 Å². The molecular weight excluding hydrogens is 336 g/mol. The number of carboxylic acid groups (broad SMARTS) is 1. The zero-order valence-electron chi connectivity index (χ0n) is 12.2. The van der Waals surface area contributed by atoms with Crippen LogP contribution in [0.4, 0.5) is 11.4 Å². The highest BCUT2D eigenvalue weighted by Gasteiger charge is 2.17. The fraction of sp³-hybridized carbons (Fsp3) is 0.125. The molecule has 0 bridgehead atoms. The van der Waals surface area contributed by atoms with Crippen LogP contribution in [-0.4, -0.2) is 22.2 Å². The van der Waals surface area contributed by atoms with E-state index in [9.17, 15) is 9.59 Å². The molecule has 0 saturated heterocycles. The number of hydrogen-bond donors (Lipinski definition) is 3. The van der Waals surface area contributed by atoms with Gasteiger partial charge in [0, 0.05) is 10.6 Å². The van der Waals surface area contributed by atoms with Crippen LogP contribution in [0.15, 0.2) is 47.4 Å². The predicted octanol–water partition coefficient (Wildman–Crippen LogP) is 3.74. The molecule has 0 saturated carbocycles. The Morgan fingerprint density at radius 2 is 1.87 bits per heavy atom. The van der Waals surface area contributed by atoms with E-state index in [2.05, 4.69) is 5.32 Å². The van der Waals surface area contributed by atoms with Crippen molar-refractivity contribution in [3.63, 3.8) is 0 Å². The van der Waals surface area contributed by atoms with Gasteiger partial charge in [0.1, 0.15) is 0 Å². The highest BCUT2D eigenvalue weighted by Crippen LogP contribution is 2.27. The van der Waals surface area contributed by atoms with Gasteiger partial charge in [0.15, 0.2) is 0 Å². The van der Waals surface area contributed by atoms with Crippen LogP contribution >= 0.6 is 23.4 Å². The smallest absolute Gasteiger partial charge is 0.335 e. The molecule has 0 radical (unpaired) electrons. The molecule has 23 heavy (non-hydrogen) atoms. The van der Waals surface area contributed by atoms with Crippen LogP contribution < -0.4 is 11.1 Å². The lowest BCUT2D eigenvalue weighted by Crippen LogP contribution is -2.22. The molecule has 4 N–H and O–H groups in total. The number of aromatic carboxylic acids is 1. The van der Waals surface area contributed by atoms with Gasteiger partial charge in [-0.3, -0.25) is 4.79 Å². The molecule has 0 aliphatic rings. The van der Waals surface area contributed by atoms with Crippen molar-refractivity contribution in [3.05, 3.63) is 53.1 Å². The number of nitrogen functional groups attached to an aromatic ring is 1. The molecule has 0 aliphatic heterocycles. The molecule has 0 fully saturated rings. The van der Waals surface area contributed by atoms with E-state index < -0.39 is 5.97 Å². The number of carboxylic acids is 1. The van der Waals surface area contributed by atoms with E-state index >= 15 is 0 Å². The average molecular weight is 351 g/mol. The number of thioether (sulfide) groups is 1. The van der Waals surface area contributed by atoms with E-state index in [1.165, 1.54) is 30.0 Å². The third-order valence-corrected chi connectivity index (χ3v) is 4.47. The second-order valence-corrected chi connectivity index (χ2v) is 6.64. The van der Waals surface area contributed by atoms with Crippen molar-refractivity contribution in [2.75, 3.05) is 11.1 Å². The van der Waals surface area contributed by atoms with Crippen LogP contribution in [0.5, 0.6) is 0 Å².